The number of fused-ring (bicyclic) bond motifs is 5. The number of alkyl halides is 2. The van der Waals surface area contributed by atoms with E-state index in [1.165, 1.54) is 6.92 Å². The van der Waals surface area contributed by atoms with E-state index in [2.05, 4.69) is 15.0 Å². The molecule has 5 aliphatic rings. The van der Waals surface area contributed by atoms with Gasteiger partial charge in [0.15, 0.2) is 5.60 Å². The maximum absolute atomic E-state index is 17.8. The van der Waals surface area contributed by atoms with Gasteiger partial charge in [0.1, 0.15) is 17.6 Å². The van der Waals surface area contributed by atoms with E-state index in [1.54, 1.807) is 64.1 Å². The molecule has 3 N–H and O–H groups in total. The van der Waals surface area contributed by atoms with Gasteiger partial charge in [-0.15, -0.1) is 0 Å². The van der Waals surface area contributed by atoms with Gasteiger partial charge >= 0.3 is 12.1 Å². The third kappa shape index (κ3) is 7.44. The zero-order valence-electron chi connectivity index (χ0n) is 34.8. The Balaban J connectivity index is 1.36. The highest BCUT2D eigenvalue weighted by molar-refractivity contribution is 7.91. The van der Waals surface area contributed by atoms with Gasteiger partial charge in [-0.05, 0) is 96.9 Å². The minimum atomic E-state index is -4.33. The maximum atomic E-state index is 17.8. The predicted molar refractivity (Wildman–Crippen MR) is 215 cm³/mol. The fourth-order valence-corrected chi connectivity index (χ4v) is 10.1. The number of benzene rings is 1. The summed E-state index contributed by atoms with van der Waals surface area (Å²) in [5, 5.41) is 14.3. The number of pyridine rings is 1. The summed E-state index contributed by atoms with van der Waals surface area (Å²) in [6.07, 6.45) is 2.26. The summed E-state index contributed by atoms with van der Waals surface area (Å²) in [6.45, 7) is 9.53. The number of halogens is 2. The van der Waals surface area contributed by atoms with Crippen LogP contribution < -0.4 is 19.5 Å². The molecule has 15 nitrogen and oxygen atoms in total. The van der Waals surface area contributed by atoms with Crippen molar-refractivity contribution in [3.8, 4) is 11.8 Å². The number of aromatic nitrogens is 1. The van der Waals surface area contributed by atoms with Gasteiger partial charge in [-0.25, -0.2) is 13.2 Å². The lowest BCUT2D eigenvalue weighted by Crippen LogP contribution is -2.66. The number of ether oxygens (including phenoxy) is 3. The summed E-state index contributed by atoms with van der Waals surface area (Å²) < 4.78 is 81.6. The minimum absolute atomic E-state index is 0.0451. The highest BCUT2D eigenvalue weighted by Crippen LogP contribution is 2.52. The maximum Gasteiger partial charge on any atom is 0.408 e. The lowest BCUT2D eigenvalue weighted by Gasteiger charge is -2.42. The molecule has 3 fully saturated rings. The fraction of sp³-hybridized carbons (Fsp3) is 0.643. The molecule has 328 valence electrons. The van der Waals surface area contributed by atoms with Crippen LogP contribution in [0.1, 0.15) is 105 Å². The molecule has 4 amide bonds. The number of hydrogen-bond donors (Lipinski definition) is 3. The van der Waals surface area contributed by atoms with Crippen molar-refractivity contribution in [2.75, 3.05) is 6.61 Å². The molecule has 18 heteroatoms. The van der Waals surface area contributed by atoms with Crippen LogP contribution in [-0.2, 0) is 35.6 Å². The van der Waals surface area contributed by atoms with Gasteiger partial charge in [0, 0.05) is 29.3 Å². The molecular weight excluding hydrogens is 805 g/mol. The van der Waals surface area contributed by atoms with Gasteiger partial charge in [0.2, 0.25) is 27.7 Å². The highest BCUT2D eigenvalue weighted by Gasteiger charge is 2.71. The molecule has 0 bridgehead atoms. The van der Waals surface area contributed by atoms with Crippen molar-refractivity contribution in [1.82, 2.24) is 24.8 Å². The van der Waals surface area contributed by atoms with Gasteiger partial charge in [-0.3, -0.25) is 28.9 Å². The molecule has 1 unspecified atom stereocenters. The smallest absolute Gasteiger partial charge is 0.408 e. The van der Waals surface area contributed by atoms with E-state index >= 15 is 13.6 Å². The second-order valence-electron chi connectivity index (χ2n) is 17.4. The molecule has 1 aromatic heterocycles. The number of hydrogen-bond acceptors (Lipinski definition) is 10. The van der Waals surface area contributed by atoms with Crippen LogP contribution in [0.25, 0.3) is 10.8 Å². The van der Waals surface area contributed by atoms with Crippen LogP contribution in [0.4, 0.5) is 13.6 Å². The Hall–Kier alpha value is -4.58. The molecule has 3 aliphatic heterocycles. The zero-order valence-corrected chi connectivity index (χ0v) is 35.7. The molecule has 0 radical (unpaired) electrons. The minimum Gasteiger partial charge on any atom is -0.477 e. The summed E-state index contributed by atoms with van der Waals surface area (Å²) in [6, 6.07) is -2.13. The lowest BCUT2D eigenvalue weighted by atomic mass is 9.98. The first-order chi connectivity index (χ1) is 28.2. The van der Waals surface area contributed by atoms with E-state index in [9.17, 15) is 27.9 Å². The topological polar surface area (TPSA) is 194 Å². The first kappa shape index (κ1) is 43.5. The van der Waals surface area contributed by atoms with E-state index in [0.717, 1.165) is 23.8 Å². The number of carbonyl (C=O) groups excluding carboxylic acids is 3. The molecule has 2 aliphatic carbocycles. The SMILES string of the molecule is CCC(C)N(C(=O)O)[C@@H]1C(=O)N2[C@@H](C[C@@](C)(Oc3nc4c(c5ccccc35)CCCO4)C2(F)F)C(=O)N[C@]2(C(=O)NS(=O)(=O)C3(C)CC3)C[C@H]2/C=C\CC[C@@H](C)O[C@H]1CC. The number of aryl methyl sites for hydroxylation is 1. The fourth-order valence-electron chi connectivity index (χ4n) is 8.77. The molecule has 8 atom stereocenters. The second-order valence-corrected chi connectivity index (χ2v) is 19.6. The zero-order chi connectivity index (χ0) is 43.6. The Bertz CT molecular complexity index is 2200. The molecule has 7 rings (SSSR count). The van der Waals surface area contributed by atoms with Crippen molar-refractivity contribution >= 4 is 44.6 Å². The van der Waals surface area contributed by atoms with E-state index in [-0.39, 0.29) is 35.9 Å². The van der Waals surface area contributed by atoms with Crippen molar-refractivity contribution < 1.29 is 55.7 Å². The first-order valence-electron chi connectivity index (χ1n) is 20.9. The number of sulfonamides is 1. The van der Waals surface area contributed by atoms with Crippen LogP contribution in [-0.4, -0.2) is 111 Å². The summed E-state index contributed by atoms with van der Waals surface area (Å²) in [5.74, 6) is -4.33. The van der Waals surface area contributed by atoms with E-state index in [4.69, 9.17) is 14.2 Å². The van der Waals surface area contributed by atoms with Crippen molar-refractivity contribution in [2.45, 2.75) is 158 Å². The quantitative estimate of drug-likeness (QED) is 0.215. The standard InChI is InChI=1S/C42H55F2N5O10S/c1-7-24(3)48(38(53)54)32-31(8-2)58-25(4)14-9-10-15-26-22-41(26,37(52)47-60(55,56)39(5)19-20-39)46-33(50)30-23-40(6,42(43,44)49(30)36(32)51)59-35-29-17-12-11-16-27(29)28-18-13-21-57-34(28)45-35/h10-12,15-17,24-26,30-32H,7-9,13-14,18-23H2,1-6H3,(H,46,50)(H,47,52)(H,53,54)/b15-10-/t24?,25-,26-,30+,31+,32+,40-,41-/m1/s1. The first-order valence-corrected chi connectivity index (χ1v) is 22.4. The summed E-state index contributed by atoms with van der Waals surface area (Å²) >= 11 is 0. The highest BCUT2D eigenvalue weighted by atomic mass is 32.2. The van der Waals surface area contributed by atoms with Crippen LogP contribution in [0.2, 0.25) is 0 Å². The molecular formula is C42H55F2N5O10S. The lowest BCUT2D eigenvalue weighted by molar-refractivity contribution is -0.220. The third-order valence-electron chi connectivity index (χ3n) is 13.2. The number of nitrogens with zero attached hydrogens (tertiary/aromatic N) is 3. The average Bonchev–Trinajstić information content (AvgIpc) is 4.11. The summed E-state index contributed by atoms with van der Waals surface area (Å²) in [7, 11) is -4.18. The molecule has 2 saturated carbocycles. The number of amides is 4. The Labute approximate surface area is 348 Å². The molecule has 1 aromatic carbocycles. The Morgan fingerprint density at radius 3 is 2.50 bits per heavy atom. The molecule has 0 spiro atoms. The number of allylic oxidation sites excluding steroid dienone is 1. The van der Waals surface area contributed by atoms with E-state index < -0.39 is 98.4 Å². The number of carbonyl (C=O) groups is 4. The third-order valence-corrected chi connectivity index (χ3v) is 15.3. The van der Waals surface area contributed by atoms with Crippen LogP contribution in [0.3, 0.4) is 0 Å². The van der Waals surface area contributed by atoms with Gasteiger partial charge < -0.3 is 24.6 Å². The number of carboxylic acid groups (broad SMARTS) is 1. The Morgan fingerprint density at radius 1 is 1.15 bits per heavy atom. The Kier molecular flexibility index (Phi) is 11.4. The van der Waals surface area contributed by atoms with E-state index in [0.29, 0.717) is 49.5 Å². The van der Waals surface area contributed by atoms with Gasteiger partial charge in [0.05, 0.1) is 23.6 Å². The van der Waals surface area contributed by atoms with Gasteiger partial charge in [-0.1, -0.05) is 44.2 Å². The molecule has 2 aromatic rings. The van der Waals surface area contributed by atoms with Gasteiger partial charge in [-0.2, -0.15) is 13.8 Å². The van der Waals surface area contributed by atoms with E-state index in [1.807, 2.05) is 0 Å². The largest absolute Gasteiger partial charge is 0.477 e. The van der Waals surface area contributed by atoms with Crippen molar-refractivity contribution in [3.05, 3.63) is 42.0 Å². The van der Waals surface area contributed by atoms with Crippen molar-refractivity contribution in [3.63, 3.8) is 0 Å². The average molecular weight is 860 g/mol. The summed E-state index contributed by atoms with van der Waals surface area (Å²) in [5.41, 5.74) is -3.76. The Morgan fingerprint density at radius 2 is 1.85 bits per heavy atom. The molecule has 4 heterocycles. The van der Waals surface area contributed by atoms with Crippen LogP contribution >= 0.6 is 0 Å². The predicted octanol–water partition coefficient (Wildman–Crippen LogP) is 5.45. The molecule has 1 saturated heterocycles. The summed E-state index contributed by atoms with van der Waals surface area (Å²) in [4.78, 5) is 62.6. The van der Waals surface area contributed by atoms with Crippen molar-refractivity contribution in [2.24, 2.45) is 5.92 Å². The second kappa shape index (κ2) is 15.7. The van der Waals surface area contributed by atoms with Crippen LogP contribution in [0.15, 0.2) is 36.4 Å². The number of rotatable bonds is 9. The van der Waals surface area contributed by atoms with Crippen molar-refractivity contribution in [1.29, 1.82) is 0 Å². The monoisotopic (exact) mass is 859 g/mol. The van der Waals surface area contributed by atoms with Crippen LogP contribution in [0, 0.1) is 5.92 Å². The van der Waals surface area contributed by atoms with Gasteiger partial charge in [0.25, 0.3) is 11.8 Å². The van der Waals surface area contributed by atoms with Crippen LogP contribution in [0.5, 0.6) is 11.8 Å². The molecule has 60 heavy (non-hydrogen) atoms. The number of nitrogens with one attached hydrogen (secondary N) is 2. The normalized spacial score (nSPS) is 32.1.